The van der Waals surface area contributed by atoms with Crippen LogP contribution >= 0.6 is 15.9 Å². The zero-order valence-corrected chi connectivity index (χ0v) is 13.7. The summed E-state index contributed by atoms with van der Waals surface area (Å²) in [5.74, 6) is -0.933. The number of nitrogens with zero attached hydrogens (tertiary/aromatic N) is 2. The Bertz CT molecular complexity index is 711. The van der Waals surface area contributed by atoms with Crippen molar-refractivity contribution in [1.29, 1.82) is 0 Å². The van der Waals surface area contributed by atoms with E-state index in [9.17, 15) is 9.90 Å². The minimum Gasteiger partial charge on any atom is -0.476 e. The number of carbonyl (C=O) groups is 1. The number of aromatic carboxylic acids is 1. The summed E-state index contributed by atoms with van der Waals surface area (Å²) in [4.78, 5) is 11.4. The fourth-order valence-electron chi connectivity index (χ4n) is 3.03. The quantitative estimate of drug-likeness (QED) is 0.897. The normalized spacial score (nSPS) is 14.0. The smallest absolute Gasteiger partial charge is 0.356 e. The number of hydrogen-bond acceptors (Lipinski definition) is 2. The van der Waals surface area contributed by atoms with E-state index in [-0.39, 0.29) is 5.69 Å². The van der Waals surface area contributed by atoms with Crippen molar-refractivity contribution in [3.05, 3.63) is 44.7 Å². The lowest BCUT2D eigenvalue weighted by Gasteiger charge is -2.15. The maximum atomic E-state index is 11.4. The second-order valence-corrected chi connectivity index (χ2v) is 6.38. The van der Waals surface area contributed by atoms with Gasteiger partial charge in [0.05, 0.1) is 5.69 Å². The highest BCUT2D eigenvalue weighted by Gasteiger charge is 2.25. The summed E-state index contributed by atoms with van der Waals surface area (Å²) in [6.07, 6.45) is 3.83. The Kier molecular flexibility index (Phi) is 3.61. The predicted octanol–water partition coefficient (Wildman–Crippen LogP) is 3.83. The van der Waals surface area contributed by atoms with Gasteiger partial charge in [0.25, 0.3) is 0 Å². The van der Waals surface area contributed by atoms with Gasteiger partial charge in [-0.3, -0.25) is 0 Å². The van der Waals surface area contributed by atoms with Crippen LogP contribution in [0.4, 0.5) is 0 Å². The number of halogens is 1. The third-order valence-electron chi connectivity index (χ3n) is 4.05. The first-order valence-corrected chi connectivity index (χ1v) is 7.89. The largest absolute Gasteiger partial charge is 0.476 e. The molecule has 2 aromatic rings. The molecule has 110 valence electrons. The van der Waals surface area contributed by atoms with Crippen LogP contribution in [0.3, 0.4) is 0 Å². The van der Waals surface area contributed by atoms with Crippen molar-refractivity contribution < 1.29 is 9.90 Å². The summed E-state index contributed by atoms with van der Waals surface area (Å²) in [7, 11) is 0. The number of carboxylic acid groups (broad SMARTS) is 1. The van der Waals surface area contributed by atoms with Crippen LogP contribution in [-0.2, 0) is 12.8 Å². The second kappa shape index (κ2) is 5.30. The summed E-state index contributed by atoms with van der Waals surface area (Å²) in [5.41, 5.74) is 5.37. The van der Waals surface area contributed by atoms with E-state index in [0.717, 1.165) is 58.2 Å². The van der Waals surface area contributed by atoms with Crippen LogP contribution in [0.1, 0.15) is 45.7 Å². The van der Waals surface area contributed by atoms with Crippen LogP contribution in [0, 0.1) is 13.8 Å². The summed E-state index contributed by atoms with van der Waals surface area (Å²) in [6.45, 7) is 4.07. The SMILES string of the molecule is Cc1cc(-n2nc(C(=O)O)c3c2CCCC3)cc(C)c1Br. The number of benzene rings is 1. The molecule has 0 radical (unpaired) electrons. The van der Waals surface area contributed by atoms with Gasteiger partial charge in [0.2, 0.25) is 0 Å². The molecule has 1 aliphatic carbocycles. The third-order valence-corrected chi connectivity index (χ3v) is 5.30. The van der Waals surface area contributed by atoms with Gasteiger partial charge >= 0.3 is 5.97 Å². The van der Waals surface area contributed by atoms with Crippen molar-refractivity contribution in [3.8, 4) is 5.69 Å². The topological polar surface area (TPSA) is 55.1 Å². The lowest BCUT2D eigenvalue weighted by molar-refractivity contribution is 0.0688. The first kappa shape index (κ1) is 14.3. The molecule has 0 saturated heterocycles. The molecule has 21 heavy (non-hydrogen) atoms. The summed E-state index contributed by atoms with van der Waals surface area (Å²) >= 11 is 3.57. The molecule has 0 unspecified atom stereocenters. The van der Waals surface area contributed by atoms with Crippen LogP contribution in [0.25, 0.3) is 5.69 Å². The lowest BCUT2D eigenvalue weighted by Crippen LogP contribution is -2.08. The number of aromatic nitrogens is 2. The van der Waals surface area contributed by atoms with Gasteiger partial charge in [0.1, 0.15) is 0 Å². The number of fused-ring (bicyclic) bond motifs is 1. The van der Waals surface area contributed by atoms with Gasteiger partial charge in [-0.1, -0.05) is 15.9 Å². The van der Waals surface area contributed by atoms with Gasteiger partial charge < -0.3 is 5.11 Å². The first-order chi connectivity index (χ1) is 9.99. The van der Waals surface area contributed by atoms with Crippen molar-refractivity contribution in [1.82, 2.24) is 9.78 Å². The summed E-state index contributed by atoms with van der Waals surface area (Å²) in [6, 6.07) is 4.09. The van der Waals surface area contributed by atoms with E-state index >= 15 is 0 Å². The van der Waals surface area contributed by atoms with Crippen molar-refractivity contribution in [2.75, 3.05) is 0 Å². The maximum Gasteiger partial charge on any atom is 0.356 e. The fourth-order valence-corrected chi connectivity index (χ4v) is 3.26. The zero-order valence-electron chi connectivity index (χ0n) is 12.1. The van der Waals surface area contributed by atoms with E-state index in [0.29, 0.717) is 0 Å². The van der Waals surface area contributed by atoms with Crippen molar-refractivity contribution in [3.63, 3.8) is 0 Å². The van der Waals surface area contributed by atoms with Crippen LogP contribution in [0.15, 0.2) is 16.6 Å². The Balaban J connectivity index is 2.21. The molecule has 0 amide bonds. The highest BCUT2D eigenvalue weighted by atomic mass is 79.9. The molecule has 1 aliphatic rings. The molecule has 0 saturated carbocycles. The van der Waals surface area contributed by atoms with E-state index in [2.05, 4.69) is 21.0 Å². The van der Waals surface area contributed by atoms with E-state index in [4.69, 9.17) is 0 Å². The van der Waals surface area contributed by atoms with Crippen LogP contribution in [0.5, 0.6) is 0 Å². The van der Waals surface area contributed by atoms with E-state index < -0.39 is 5.97 Å². The molecular weight excluding hydrogens is 332 g/mol. The fraction of sp³-hybridized carbons (Fsp3) is 0.375. The van der Waals surface area contributed by atoms with Crippen molar-refractivity contribution in [2.24, 2.45) is 0 Å². The number of rotatable bonds is 2. The summed E-state index contributed by atoms with van der Waals surface area (Å²) in [5, 5.41) is 13.7. The van der Waals surface area contributed by atoms with Gasteiger partial charge in [-0.2, -0.15) is 5.10 Å². The molecular formula is C16H17BrN2O2. The monoisotopic (exact) mass is 348 g/mol. The molecule has 1 N–H and O–H groups in total. The number of carboxylic acids is 1. The molecule has 0 bridgehead atoms. The Morgan fingerprint density at radius 3 is 2.48 bits per heavy atom. The Labute approximate surface area is 131 Å². The van der Waals surface area contributed by atoms with Gasteiger partial charge in [0.15, 0.2) is 5.69 Å². The van der Waals surface area contributed by atoms with Crippen LogP contribution in [-0.4, -0.2) is 20.9 Å². The highest BCUT2D eigenvalue weighted by molar-refractivity contribution is 9.10. The molecule has 0 aliphatic heterocycles. The van der Waals surface area contributed by atoms with Gasteiger partial charge in [-0.25, -0.2) is 9.48 Å². The lowest BCUT2D eigenvalue weighted by atomic mass is 9.95. The van der Waals surface area contributed by atoms with Crippen LogP contribution in [0.2, 0.25) is 0 Å². The molecule has 3 rings (SSSR count). The third kappa shape index (κ3) is 2.39. The van der Waals surface area contributed by atoms with Gasteiger partial charge in [-0.15, -0.1) is 0 Å². The Hall–Kier alpha value is -1.62. The molecule has 1 aromatic carbocycles. The second-order valence-electron chi connectivity index (χ2n) is 5.59. The molecule has 5 heteroatoms. The Morgan fingerprint density at radius 2 is 1.86 bits per heavy atom. The molecule has 1 heterocycles. The molecule has 0 atom stereocenters. The minimum atomic E-state index is -0.933. The standard InChI is InChI=1S/C16H17BrN2O2/c1-9-7-11(8-10(2)14(9)17)19-13-6-4-3-5-12(13)15(18-19)16(20)21/h7-8H,3-6H2,1-2H3,(H,20,21). The molecule has 4 nitrogen and oxygen atoms in total. The van der Waals surface area contributed by atoms with E-state index in [1.807, 2.05) is 30.7 Å². The van der Waals surface area contributed by atoms with E-state index in [1.165, 1.54) is 0 Å². The average Bonchev–Trinajstić information content (AvgIpc) is 2.84. The van der Waals surface area contributed by atoms with Crippen LogP contribution < -0.4 is 0 Å². The number of aryl methyl sites for hydroxylation is 2. The minimum absolute atomic E-state index is 0.211. The molecule has 1 aromatic heterocycles. The van der Waals surface area contributed by atoms with Crippen molar-refractivity contribution in [2.45, 2.75) is 39.5 Å². The van der Waals surface area contributed by atoms with Gasteiger partial charge in [0, 0.05) is 15.7 Å². The average molecular weight is 349 g/mol. The maximum absolute atomic E-state index is 11.4. The molecule has 0 fully saturated rings. The van der Waals surface area contributed by atoms with E-state index in [1.54, 1.807) is 0 Å². The Morgan fingerprint density at radius 1 is 1.24 bits per heavy atom. The van der Waals surface area contributed by atoms with Crippen molar-refractivity contribution >= 4 is 21.9 Å². The van der Waals surface area contributed by atoms with Gasteiger partial charge in [-0.05, 0) is 62.8 Å². The first-order valence-electron chi connectivity index (χ1n) is 7.10. The highest BCUT2D eigenvalue weighted by Crippen LogP contribution is 2.29. The predicted molar refractivity (Wildman–Crippen MR) is 84.3 cm³/mol. The number of hydrogen-bond donors (Lipinski definition) is 1. The molecule has 0 spiro atoms. The zero-order chi connectivity index (χ0) is 15.1. The summed E-state index contributed by atoms with van der Waals surface area (Å²) < 4.78 is 2.91.